The van der Waals surface area contributed by atoms with E-state index < -0.39 is 40.0 Å². The summed E-state index contributed by atoms with van der Waals surface area (Å²) in [5.41, 5.74) is 0. The van der Waals surface area contributed by atoms with E-state index in [1.54, 1.807) is 6.08 Å². The number of rotatable bonds is 26. The quantitative estimate of drug-likeness (QED) is 0.0558. The lowest BCUT2D eigenvalue weighted by Gasteiger charge is -2.22. The third-order valence-electron chi connectivity index (χ3n) is 6.82. The van der Waals surface area contributed by atoms with E-state index in [9.17, 15) is 28.0 Å². The lowest BCUT2D eigenvalue weighted by molar-refractivity contribution is -0.130. The molecule has 0 radical (unpaired) electrons. The molecule has 0 rings (SSSR count). The highest BCUT2D eigenvalue weighted by atomic mass is 32.2. The van der Waals surface area contributed by atoms with Gasteiger partial charge in [0, 0.05) is 0 Å². The number of aliphatic hydroxyl groups is 2. The minimum Gasteiger partial charge on any atom is -0.387 e. The molecule has 8 heteroatoms. The predicted octanol–water partition coefficient (Wildman–Crippen LogP) is 6.48. The normalized spacial score (nSPS) is 14.6. The van der Waals surface area contributed by atoms with Crippen LogP contribution < -0.4 is 5.32 Å². The first-order valence-corrected chi connectivity index (χ1v) is 16.6. The summed E-state index contributed by atoms with van der Waals surface area (Å²) < 4.78 is 32.0. The molecule has 3 unspecified atom stereocenters. The second-order valence-electron chi connectivity index (χ2n) is 10.5. The zero-order valence-electron chi connectivity index (χ0n) is 23.7. The molecule has 0 spiro atoms. The number of aliphatic hydroxyl groups excluding tert-OH is 2. The molecular weight excluding hydrogens is 490 g/mol. The van der Waals surface area contributed by atoms with Crippen molar-refractivity contribution in [2.45, 2.75) is 161 Å². The number of nitrogens with one attached hydrogen (secondary N) is 1. The van der Waals surface area contributed by atoms with Crippen molar-refractivity contribution in [3.8, 4) is 0 Å². The number of allylic oxidation sites excluding steroid dienone is 1. The highest BCUT2D eigenvalue weighted by molar-refractivity contribution is 7.85. The maximum Gasteiger partial charge on any atom is 0.267 e. The van der Waals surface area contributed by atoms with E-state index in [0.717, 1.165) is 51.4 Å². The Labute approximate surface area is 227 Å². The van der Waals surface area contributed by atoms with Crippen molar-refractivity contribution >= 4 is 16.0 Å². The summed E-state index contributed by atoms with van der Waals surface area (Å²) in [5.74, 6) is -1.54. The summed E-state index contributed by atoms with van der Waals surface area (Å²) in [6, 6.07) is -1.22. The maximum absolute atomic E-state index is 12.4. The Hall–Kier alpha value is -0.960. The molecular formula is C29H57NO6S. The van der Waals surface area contributed by atoms with E-state index in [1.807, 2.05) is 0 Å². The Morgan fingerprint density at radius 3 is 1.62 bits per heavy atom. The Morgan fingerprint density at radius 2 is 1.16 bits per heavy atom. The minimum atomic E-state index is -4.42. The van der Waals surface area contributed by atoms with Gasteiger partial charge < -0.3 is 15.5 Å². The largest absolute Gasteiger partial charge is 0.387 e. The van der Waals surface area contributed by atoms with Crippen LogP contribution in [-0.2, 0) is 14.9 Å². The molecule has 0 aromatic rings. The van der Waals surface area contributed by atoms with Crippen molar-refractivity contribution in [3.63, 3.8) is 0 Å². The third kappa shape index (κ3) is 23.9. The van der Waals surface area contributed by atoms with Gasteiger partial charge in [-0.1, -0.05) is 135 Å². The fraction of sp³-hybridized carbons (Fsp3) is 0.897. The molecule has 0 fully saturated rings. The molecule has 0 aromatic heterocycles. The van der Waals surface area contributed by atoms with Crippen molar-refractivity contribution in [3.05, 3.63) is 12.2 Å². The van der Waals surface area contributed by atoms with Gasteiger partial charge in [-0.05, 0) is 19.3 Å². The van der Waals surface area contributed by atoms with Gasteiger partial charge in [0.25, 0.3) is 10.1 Å². The second kappa shape index (κ2) is 24.1. The molecule has 37 heavy (non-hydrogen) atoms. The maximum atomic E-state index is 12.4. The summed E-state index contributed by atoms with van der Waals surface area (Å²) in [5, 5.41) is 23.0. The van der Waals surface area contributed by atoms with Gasteiger partial charge in [-0.15, -0.1) is 0 Å². The SMILES string of the molecule is CCCCCC/C=C/C(O)C(CS(=O)(=O)O)NC(=O)C(O)CCCCCCCCCCCCCCCC. The monoisotopic (exact) mass is 547 g/mol. The first-order valence-electron chi connectivity index (χ1n) is 15.0. The van der Waals surface area contributed by atoms with Crippen LogP contribution >= 0.6 is 0 Å². The fourth-order valence-corrected chi connectivity index (χ4v) is 5.19. The van der Waals surface area contributed by atoms with E-state index >= 15 is 0 Å². The lowest BCUT2D eigenvalue weighted by atomic mass is 10.0. The lowest BCUT2D eigenvalue weighted by Crippen LogP contribution is -2.50. The van der Waals surface area contributed by atoms with Gasteiger partial charge in [-0.25, -0.2) is 0 Å². The number of unbranched alkanes of at least 4 members (excludes halogenated alkanes) is 17. The Bertz CT molecular complexity index is 667. The van der Waals surface area contributed by atoms with Gasteiger partial charge in [-0.2, -0.15) is 8.42 Å². The molecule has 0 aromatic carbocycles. The Balaban J connectivity index is 4.11. The number of amides is 1. The zero-order valence-corrected chi connectivity index (χ0v) is 24.5. The van der Waals surface area contributed by atoms with Crippen LogP contribution in [0.3, 0.4) is 0 Å². The number of carbonyl (C=O) groups excluding carboxylic acids is 1. The first kappa shape index (κ1) is 36.0. The molecule has 7 nitrogen and oxygen atoms in total. The average molecular weight is 548 g/mol. The molecule has 0 aliphatic heterocycles. The Kier molecular flexibility index (Phi) is 23.5. The molecule has 0 aliphatic carbocycles. The van der Waals surface area contributed by atoms with Crippen molar-refractivity contribution in [1.82, 2.24) is 5.32 Å². The highest BCUT2D eigenvalue weighted by Crippen LogP contribution is 2.14. The van der Waals surface area contributed by atoms with Crippen LogP contribution in [0.4, 0.5) is 0 Å². The molecule has 0 aliphatic rings. The predicted molar refractivity (Wildman–Crippen MR) is 153 cm³/mol. The summed E-state index contributed by atoms with van der Waals surface area (Å²) in [6.07, 6.45) is 23.1. The average Bonchev–Trinajstić information content (AvgIpc) is 2.84. The van der Waals surface area contributed by atoms with Crippen molar-refractivity contribution < 1.29 is 28.0 Å². The van der Waals surface area contributed by atoms with Gasteiger partial charge in [0.05, 0.1) is 17.9 Å². The molecule has 0 heterocycles. The summed E-state index contributed by atoms with van der Waals surface area (Å²) in [7, 11) is -4.42. The molecule has 0 saturated heterocycles. The minimum absolute atomic E-state index is 0.284. The fourth-order valence-electron chi connectivity index (χ4n) is 4.45. The van der Waals surface area contributed by atoms with Gasteiger partial charge in [0.1, 0.15) is 6.10 Å². The number of hydrogen-bond donors (Lipinski definition) is 4. The van der Waals surface area contributed by atoms with Gasteiger partial charge >= 0.3 is 0 Å². The van der Waals surface area contributed by atoms with E-state index in [1.165, 1.54) is 70.3 Å². The molecule has 0 bridgehead atoms. The molecule has 0 saturated carbocycles. The van der Waals surface area contributed by atoms with Crippen LogP contribution in [0.5, 0.6) is 0 Å². The molecule has 4 N–H and O–H groups in total. The van der Waals surface area contributed by atoms with Gasteiger partial charge in [0.15, 0.2) is 0 Å². The van der Waals surface area contributed by atoms with Crippen LogP contribution in [0.1, 0.15) is 142 Å². The van der Waals surface area contributed by atoms with Crippen LogP contribution in [-0.4, -0.2) is 53.1 Å². The van der Waals surface area contributed by atoms with E-state index in [4.69, 9.17) is 0 Å². The van der Waals surface area contributed by atoms with Crippen LogP contribution in [0.25, 0.3) is 0 Å². The van der Waals surface area contributed by atoms with Crippen LogP contribution in [0.15, 0.2) is 12.2 Å². The molecule has 3 atom stereocenters. The molecule has 1 amide bonds. The summed E-state index contributed by atoms with van der Waals surface area (Å²) >= 11 is 0. The highest BCUT2D eigenvalue weighted by Gasteiger charge is 2.27. The van der Waals surface area contributed by atoms with Crippen molar-refractivity contribution in [1.29, 1.82) is 0 Å². The van der Waals surface area contributed by atoms with Crippen LogP contribution in [0.2, 0.25) is 0 Å². The van der Waals surface area contributed by atoms with E-state index in [0.29, 0.717) is 6.42 Å². The smallest absolute Gasteiger partial charge is 0.267 e. The van der Waals surface area contributed by atoms with Crippen LogP contribution in [0, 0.1) is 0 Å². The second-order valence-corrected chi connectivity index (χ2v) is 12.0. The van der Waals surface area contributed by atoms with Crippen molar-refractivity contribution in [2.75, 3.05) is 5.75 Å². The summed E-state index contributed by atoms with van der Waals surface area (Å²) in [6.45, 7) is 4.36. The van der Waals surface area contributed by atoms with Gasteiger partial charge in [0.2, 0.25) is 5.91 Å². The number of carbonyl (C=O) groups is 1. The zero-order chi connectivity index (χ0) is 27.8. The van der Waals surface area contributed by atoms with E-state index in [2.05, 4.69) is 19.2 Å². The molecule has 220 valence electrons. The standard InChI is InChI=1S/C29H57NO6S/c1-3-5-7-9-11-12-13-14-15-16-17-18-20-22-24-28(32)29(33)30-26(25-37(34,35)36)27(31)23-21-19-10-8-6-4-2/h21,23,26-28,31-32H,3-20,22,24-25H2,1-2H3,(H,30,33)(H,34,35,36)/b23-21+. The Morgan fingerprint density at radius 1 is 0.730 bits per heavy atom. The van der Waals surface area contributed by atoms with Crippen molar-refractivity contribution in [2.24, 2.45) is 0 Å². The summed E-state index contributed by atoms with van der Waals surface area (Å²) in [4.78, 5) is 12.4. The number of hydrogen-bond acceptors (Lipinski definition) is 5. The van der Waals surface area contributed by atoms with E-state index in [-0.39, 0.29) is 6.42 Å². The third-order valence-corrected chi connectivity index (χ3v) is 7.60. The first-order chi connectivity index (χ1) is 17.7. The van der Waals surface area contributed by atoms with Gasteiger partial charge in [-0.3, -0.25) is 9.35 Å². The topological polar surface area (TPSA) is 124 Å².